The summed E-state index contributed by atoms with van der Waals surface area (Å²) in [7, 11) is 4.77. The lowest BCUT2D eigenvalue weighted by molar-refractivity contribution is -0.0394. The zero-order valence-corrected chi connectivity index (χ0v) is 18.5. The van der Waals surface area contributed by atoms with Crippen molar-refractivity contribution >= 4 is 16.9 Å². The van der Waals surface area contributed by atoms with E-state index in [1.807, 2.05) is 29.9 Å². The highest BCUT2D eigenvalue weighted by molar-refractivity contribution is 5.73. The molecule has 0 unspecified atom stereocenters. The summed E-state index contributed by atoms with van der Waals surface area (Å²) in [6.45, 7) is 1.92. The average Bonchev–Trinajstić information content (AvgIpc) is 3.24. The van der Waals surface area contributed by atoms with Crippen LogP contribution in [0, 0.1) is 11.7 Å². The summed E-state index contributed by atoms with van der Waals surface area (Å²) in [6, 6.07) is 6.67. The summed E-state index contributed by atoms with van der Waals surface area (Å²) in [6.07, 6.45) is 5.34. The Morgan fingerprint density at radius 2 is 2.03 bits per heavy atom. The van der Waals surface area contributed by atoms with E-state index < -0.39 is 5.82 Å². The van der Waals surface area contributed by atoms with Crippen LogP contribution < -0.4 is 15.0 Å². The first-order chi connectivity index (χ1) is 16.1. The lowest BCUT2D eigenvalue weighted by atomic mass is 10.1. The molecule has 0 amide bonds. The molecule has 0 aliphatic carbocycles. The first-order valence-corrected chi connectivity index (χ1v) is 10.5. The fourth-order valence-electron chi connectivity index (χ4n) is 3.70. The second-order valence-electron chi connectivity index (χ2n) is 7.85. The van der Waals surface area contributed by atoms with Gasteiger partial charge in [-0.05, 0) is 12.1 Å². The molecule has 0 saturated carbocycles. The molecule has 0 radical (unpaired) electrons. The Kier molecular flexibility index (Phi) is 5.51. The van der Waals surface area contributed by atoms with Crippen molar-refractivity contribution in [1.29, 1.82) is 0 Å². The van der Waals surface area contributed by atoms with Gasteiger partial charge in [0.2, 0.25) is 0 Å². The van der Waals surface area contributed by atoms with Gasteiger partial charge in [0.05, 0.1) is 45.5 Å². The van der Waals surface area contributed by atoms with Crippen molar-refractivity contribution in [2.75, 3.05) is 27.4 Å². The summed E-state index contributed by atoms with van der Waals surface area (Å²) in [5.41, 5.74) is 3.57. The van der Waals surface area contributed by atoms with E-state index in [1.165, 1.54) is 26.4 Å². The number of nitrogens with zero attached hydrogens (tertiary/aromatic N) is 6. The van der Waals surface area contributed by atoms with E-state index in [9.17, 15) is 0 Å². The van der Waals surface area contributed by atoms with Gasteiger partial charge in [-0.2, -0.15) is 5.10 Å². The molecule has 4 heterocycles. The van der Waals surface area contributed by atoms with Gasteiger partial charge in [0.25, 0.3) is 0 Å². The largest absolute Gasteiger partial charge is 0.497 e. The van der Waals surface area contributed by atoms with E-state index in [2.05, 4.69) is 15.1 Å². The van der Waals surface area contributed by atoms with Gasteiger partial charge in [0.15, 0.2) is 17.2 Å². The SMILES string of the molecule is COc1cc(/N=c2\ccc3ncc(-c4cnn(C)c4)nc3n2CC2COC2)c(F)c(OC)c1. The Morgan fingerprint density at radius 3 is 2.70 bits per heavy atom. The van der Waals surface area contributed by atoms with Crippen LogP contribution in [-0.4, -0.2) is 51.7 Å². The van der Waals surface area contributed by atoms with Gasteiger partial charge in [0, 0.05) is 43.4 Å². The van der Waals surface area contributed by atoms with Gasteiger partial charge in [0.1, 0.15) is 22.4 Å². The third-order valence-corrected chi connectivity index (χ3v) is 5.54. The number of halogens is 1. The number of rotatable bonds is 6. The minimum absolute atomic E-state index is 0.0616. The second-order valence-corrected chi connectivity index (χ2v) is 7.85. The Labute approximate surface area is 189 Å². The maximum atomic E-state index is 15.0. The predicted octanol–water partition coefficient (Wildman–Crippen LogP) is 2.87. The molecule has 1 saturated heterocycles. The molecule has 33 heavy (non-hydrogen) atoms. The van der Waals surface area contributed by atoms with E-state index >= 15 is 4.39 Å². The Hall–Kier alpha value is -3.79. The lowest BCUT2D eigenvalue weighted by Gasteiger charge is -2.27. The van der Waals surface area contributed by atoms with Crippen molar-refractivity contribution in [1.82, 2.24) is 24.3 Å². The predicted molar refractivity (Wildman–Crippen MR) is 119 cm³/mol. The van der Waals surface area contributed by atoms with Crippen LogP contribution in [0.1, 0.15) is 0 Å². The zero-order chi connectivity index (χ0) is 22.9. The van der Waals surface area contributed by atoms with Crippen molar-refractivity contribution in [3.05, 3.63) is 54.2 Å². The van der Waals surface area contributed by atoms with E-state index in [1.54, 1.807) is 17.1 Å². The van der Waals surface area contributed by atoms with E-state index in [4.69, 9.17) is 19.2 Å². The first kappa shape index (κ1) is 21.1. The van der Waals surface area contributed by atoms with E-state index in [0.717, 1.165) is 5.56 Å². The molecule has 3 aromatic heterocycles. The van der Waals surface area contributed by atoms with Crippen molar-refractivity contribution in [3.63, 3.8) is 0 Å². The molecule has 0 spiro atoms. The van der Waals surface area contributed by atoms with Gasteiger partial charge in [-0.1, -0.05) is 0 Å². The summed E-state index contributed by atoms with van der Waals surface area (Å²) in [5.74, 6) is 0.257. The topological polar surface area (TPSA) is 88.6 Å². The maximum Gasteiger partial charge on any atom is 0.190 e. The van der Waals surface area contributed by atoms with Crippen molar-refractivity contribution in [2.24, 2.45) is 18.0 Å². The number of aromatic nitrogens is 5. The number of hydrogen-bond donors (Lipinski definition) is 0. The van der Waals surface area contributed by atoms with E-state index in [-0.39, 0.29) is 11.4 Å². The Morgan fingerprint density at radius 1 is 1.18 bits per heavy atom. The van der Waals surface area contributed by atoms with Crippen LogP contribution in [0.15, 0.2) is 47.8 Å². The normalized spacial score (nSPS) is 14.5. The Bertz CT molecular complexity index is 1390. The molecule has 9 nitrogen and oxygen atoms in total. The number of benzene rings is 1. The quantitative estimate of drug-likeness (QED) is 0.449. The Balaban J connectivity index is 1.72. The smallest absolute Gasteiger partial charge is 0.190 e. The van der Waals surface area contributed by atoms with Crippen molar-refractivity contribution < 1.29 is 18.6 Å². The fourth-order valence-corrected chi connectivity index (χ4v) is 3.70. The number of aryl methyl sites for hydroxylation is 1. The summed E-state index contributed by atoms with van der Waals surface area (Å²) in [5, 5.41) is 4.22. The molecule has 1 aliphatic rings. The number of ether oxygens (including phenoxy) is 3. The molecule has 5 rings (SSSR count). The van der Waals surface area contributed by atoms with Gasteiger partial charge in [-0.25, -0.2) is 14.4 Å². The lowest BCUT2D eigenvalue weighted by Crippen LogP contribution is -2.35. The highest BCUT2D eigenvalue weighted by atomic mass is 19.1. The molecule has 10 heteroatoms. The van der Waals surface area contributed by atoms with E-state index in [0.29, 0.717) is 53.8 Å². The number of methoxy groups -OCH3 is 2. The van der Waals surface area contributed by atoms with Crippen LogP contribution in [0.3, 0.4) is 0 Å². The number of hydrogen-bond acceptors (Lipinski definition) is 7. The third kappa shape index (κ3) is 4.05. The van der Waals surface area contributed by atoms with Gasteiger partial charge in [-0.15, -0.1) is 0 Å². The minimum atomic E-state index is -0.563. The minimum Gasteiger partial charge on any atom is -0.497 e. The standard InChI is InChI=1S/C23H23FN6O3/c1-29-11-15(8-26-29)19-9-25-17-4-5-21(30(23(17)28-19)10-14-12-33-13-14)27-18-6-16(31-2)7-20(32-3)22(18)24/h4-9,11,14H,10,12-13H2,1-3H3/b27-21+. The molecular weight excluding hydrogens is 427 g/mol. The third-order valence-electron chi connectivity index (χ3n) is 5.54. The number of fused-ring (bicyclic) bond motifs is 1. The van der Waals surface area contributed by atoms with Crippen LogP contribution in [0.2, 0.25) is 0 Å². The molecule has 1 aromatic carbocycles. The molecule has 4 aromatic rings. The summed E-state index contributed by atoms with van der Waals surface area (Å²) < 4.78 is 34.5. The van der Waals surface area contributed by atoms with Crippen LogP contribution in [-0.2, 0) is 18.3 Å². The molecule has 1 fully saturated rings. The first-order valence-electron chi connectivity index (χ1n) is 10.5. The van der Waals surface area contributed by atoms with Crippen LogP contribution in [0.4, 0.5) is 10.1 Å². The van der Waals surface area contributed by atoms with Gasteiger partial charge >= 0.3 is 0 Å². The van der Waals surface area contributed by atoms with Crippen molar-refractivity contribution in [2.45, 2.75) is 6.54 Å². The summed E-state index contributed by atoms with van der Waals surface area (Å²) >= 11 is 0. The van der Waals surface area contributed by atoms with Crippen LogP contribution in [0.25, 0.3) is 22.4 Å². The monoisotopic (exact) mass is 450 g/mol. The zero-order valence-electron chi connectivity index (χ0n) is 18.5. The van der Waals surface area contributed by atoms with Crippen LogP contribution >= 0.6 is 0 Å². The molecule has 1 aliphatic heterocycles. The number of pyridine rings is 1. The van der Waals surface area contributed by atoms with Crippen molar-refractivity contribution in [3.8, 4) is 22.8 Å². The summed E-state index contributed by atoms with van der Waals surface area (Å²) in [4.78, 5) is 14.1. The highest BCUT2D eigenvalue weighted by Gasteiger charge is 2.21. The molecule has 0 N–H and O–H groups in total. The molecular formula is C23H23FN6O3. The highest BCUT2D eigenvalue weighted by Crippen LogP contribution is 2.32. The maximum absolute atomic E-state index is 15.0. The van der Waals surface area contributed by atoms with Gasteiger partial charge < -0.3 is 18.8 Å². The fraction of sp³-hybridized carbons (Fsp3) is 0.304. The molecule has 170 valence electrons. The second kappa shape index (κ2) is 8.62. The average molecular weight is 450 g/mol. The van der Waals surface area contributed by atoms with Gasteiger partial charge in [-0.3, -0.25) is 9.67 Å². The molecule has 0 bridgehead atoms. The molecule has 0 atom stereocenters. The van der Waals surface area contributed by atoms with Crippen LogP contribution in [0.5, 0.6) is 11.5 Å².